The quantitative estimate of drug-likeness (QED) is 0.580. The predicted octanol–water partition coefficient (Wildman–Crippen LogP) is 2.77. The Hall–Kier alpha value is -1.64. The fraction of sp³-hybridized carbons (Fsp3) is 0.682. The first-order chi connectivity index (χ1) is 14.4. The number of hydrogen-bond donors (Lipinski definition) is 2. The zero-order valence-electron chi connectivity index (χ0n) is 18.2. The van der Waals surface area contributed by atoms with E-state index in [0.29, 0.717) is 12.1 Å². The highest BCUT2D eigenvalue weighted by Crippen LogP contribution is 2.27. The van der Waals surface area contributed by atoms with Crippen molar-refractivity contribution < 1.29 is 17.9 Å². The van der Waals surface area contributed by atoms with Gasteiger partial charge in [0.2, 0.25) is 10.0 Å². The van der Waals surface area contributed by atoms with Crippen LogP contribution in [0, 0.1) is 5.92 Å². The second kappa shape index (κ2) is 10.6. The summed E-state index contributed by atoms with van der Waals surface area (Å²) in [5, 5.41) is 2.91. The van der Waals surface area contributed by atoms with Crippen molar-refractivity contribution in [2.75, 3.05) is 33.3 Å². The first-order valence-corrected chi connectivity index (χ1v) is 12.6. The van der Waals surface area contributed by atoms with Crippen molar-refractivity contribution in [1.82, 2.24) is 14.9 Å². The van der Waals surface area contributed by atoms with Crippen LogP contribution in [0.5, 0.6) is 5.75 Å². The van der Waals surface area contributed by atoms with E-state index in [0.717, 1.165) is 57.7 Å². The van der Waals surface area contributed by atoms with Crippen LogP contribution < -0.4 is 14.8 Å². The van der Waals surface area contributed by atoms with Crippen LogP contribution in [0.25, 0.3) is 0 Å². The largest absolute Gasteiger partial charge is 0.495 e. The molecule has 0 unspecified atom stereocenters. The fourth-order valence-electron chi connectivity index (χ4n) is 4.25. The number of hydrogen-bond acceptors (Lipinski definition) is 5. The lowest BCUT2D eigenvalue weighted by Gasteiger charge is -2.30. The number of sulfonamides is 1. The zero-order chi connectivity index (χ0) is 21.6. The van der Waals surface area contributed by atoms with E-state index >= 15 is 0 Å². The minimum absolute atomic E-state index is 0.0204. The van der Waals surface area contributed by atoms with Gasteiger partial charge in [-0.2, -0.15) is 0 Å². The maximum absolute atomic E-state index is 12.9. The van der Waals surface area contributed by atoms with Crippen molar-refractivity contribution in [2.45, 2.75) is 62.8 Å². The summed E-state index contributed by atoms with van der Waals surface area (Å²) in [6.45, 7) is 6.09. The maximum atomic E-state index is 12.9. The lowest BCUT2D eigenvalue weighted by atomic mass is 9.99. The molecule has 1 aliphatic heterocycles. The minimum atomic E-state index is -3.75. The van der Waals surface area contributed by atoms with Gasteiger partial charge in [0.1, 0.15) is 10.6 Å². The molecule has 1 aliphatic carbocycles. The first-order valence-electron chi connectivity index (χ1n) is 11.1. The molecule has 1 amide bonds. The summed E-state index contributed by atoms with van der Waals surface area (Å²) < 4.78 is 33.8. The Bertz CT molecular complexity index is 814. The summed E-state index contributed by atoms with van der Waals surface area (Å²) in [4.78, 5) is 15.0. The number of rotatable bonds is 9. The SMILES string of the molecule is COc1ccc(C(=O)NCCCN2CCC(C)CC2)cc1S(=O)(=O)NC1CCCC1. The van der Waals surface area contributed by atoms with Crippen LogP contribution in [0.15, 0.2) is 23.1 Å². The molecule has 0 bridgehead atoms. The van der Waals surface area contributed by atoms with Crippen molar-refractivity contribution in [2.24, 2.45) is 5.92 Å². The third kappa shape index (κ3) is 6.18. The third-order valence-electron chi connectivity index (χ3n) is 6.21. The molecule has 1 aromatic rings. The average molecular weight is 438 g/mol. The number of ether oxygens (including phenoxy) is 1. The van der Waals surface area contributed by atoms with E-state index < -0.39 is 10.0 Å². The first kappa shape index (κ1) is 23.0. The molecule has 2 aliphatic rings. The highest BCUT2D eigenvalue weighted by molar-refractivity contribution is 7.89. The molecule has 1 heterocycles. The molecule has 168 valence electrons. The normalized spacial score (nSPS) is 19.1. The molecular weight excluding hydrogens is 402 g/mol. The molecule has 2 N–H and O–H groups in total. The van der Waals surface area contributed by atoms with Gasteiger partial charge in [-0.15, -0.1) is 0 Å². The molecule has 1 saturated carbocycles. The highest BCUT2D eigenvalue weighted by atomic mass is 32.2. The predicted molar refractivity (Wildman–Crippen MR) is 117 cm³/mol. The lowest BCUT2D eigenvalue weighted by molar-refractivity contribution is 0.0950. The molecule has 0 spiro atoms. The monoisotopic (exact) mass is 437 g/mol. The van der Waals surface area contributed by atoms with E-state index in [-0.39, 0.29) is 22.6 Å². The number of methoxy groups -OCH3 is 1. The fourth-order valence-corrected chi connectivity index (χ4v) is 5.75. The topological polar surface area (TPSA) is 87.7 Å². The Morgan fingerprint density at radius 1 is 1.17 bits per heavy atom. The highest BCUT2D eigenvalue weighted by Gasteiger charge is 2.26. The summed E-state index contributed by atoms with van der Waals surface area (Å²) in [5.41, 5.74) is 0.328. The number of carbonyl (C=O) groups excluding carboxylic acids is 1. The van der Waals surface area contributed by atoms with E-state index in [1.165, 1.54) is 26.0 Å². The standard InChI is InChI=1S/C22H35N3O4S/c1-17-10-14-25(15-11-17)13-5-12-23-22(26)18-8-9-20(29-2)21(16-18)30(27,28)24-19-6-3-4-7-19/h8-9,16-17,19,24H,3-7,10-15H2,1-2H3,(H,23,26). The Labute approximate surface area is 180 Å². The third-order valence-corrected chi connectivity index (χ3v) is 7.75. The zero-order valence-corrected chi connectivity index (χ0v) is 19.0. The van der Waals surface area contributed by atoms with Gasteiger partial charge < -0.3 is 15.0 Å². The summed E-state index contributed by atoms with van der Waals surface area (Å²) >= 11 is 0. The van der Waals surface area contributed by atoms with Gasteiger partial charge in [-0.25, -0.2) is 13.1 Å². The molecule has 0 aromatic heterocycles. The average Bonchev–Trinajstić information content (AvgIpc) is 3.24. The molecule has 0 atom stereocenters. The number of carbonyl (C=O) groups is 1. The van der Waals surface area contributed by atoms with Gasteiger partial charge in [-0.1, -0.05) is 19.8 Å². The summed E-state index contributed by atoms with van der Waals surface area (Å²) in [6, 6.07) is 4.52. The molecule has 1 saturated heterocycles. The smallest absolute Gasteiger partial charge is 0.251 e. The van der Waals surface area contributed by atoms with Crippen LogP contribution in [-0.4, -0.2) is 58.6 Å². The lowest BCUT2D eigenvalue weighted by Crippen LogP contribution is -2.35. The van der Waals surface area contributed by atoms with Crippen molar-refractivity contribution in [1.29, 1.82) is 0 Å². The van der Waals surface area contributed by atoms with E-state index in [1.807, 2.05) is 0 Å². The summed E-state index contributed by atoms with van der Waals surface area (Å²) in [6.07, 6.45) is 7.11. The van der Waals surface area contributed by atoms with Crippen LogP contribution in [0.3, 0.4) is 0 Å². The molecule has 1 aromatic carbocycles. The molecular formula is C22H35N3O4S. The van der Waals surface area contributed by atoms with Crippen molar-refractivity contribution in [3.63, 3.8) is 0 Å². The molecule has 3 rings (SSSR count). The Balaban J connectivity index is 1.57. The van der Waals surface area contributed by atoms with Crippen LogP contribution in [-0.2, 0) is 10.0 Å². The number of piperidine rings is 1. The van der Waals surface area contributed by atoms with E-state index in [9.17, 15) is 13.2 Å². The molecule has 8 heteroatoms. The van der Waals surface area contributed by atoms with Gasteiger partial charge in [0, 0.05) is 18.2 Å². The second-order valence-corrected chi connectivity index (χ2v) is 10.3. The number of amides is 1. The maximum Gasteiger partial charge on any atom is 0.251 e. The molecule has 2 fully saturated rings. The van der Waals surface area contributed by atoms with Gasteiger partial charge in [-0.3, -0.25) is 4.79 Å². The van der Waals surface area contributed by atoms with Gasteiger partial charge >= 0.3 is 0 Å². The van der Waals surface area contributed by atoms with Crippen molar-refractivity contribution >= 4 is 15.9 Å². The van der Waals surface area contributed by atoms with Gasteiger partial charge in [0.05, 0.1) is 7.11 Å². The summed E-state index contributed by atoms with van der Waals surface area (Å²) in [7, 11) is -2.31. The number of likely N-dealkylation sites (tertiary alicyclic amines) is 1. The Morgan fingerprint density at radius 3 is 2.53 bits per heavy atom. The minimum Gasteiger partial charge on any atom is -0.495 e. The second-order valence-electron chi connectivity index (χ2n) is 8.60. The number of nitrogens with zero attached hydrogens (tertiary/aromatic N) is 1. The van der Waals surface area contributed by atoms with Crippen LogP contribution in [0.1, 0.15) is 62.2 Å². The van der Waals surface area contributed by atoms with E-state index in [2.05, 4.69) is 21.9 Å². The number of nitrogens with one attached hydrogen (secondary N) is 2. The van der Waals surface area contributed by atoms with E-state index in [4.69, 9.17) is 4.74 Å². The molecule has 0 radical (unpaired) electrons. The number of benzene rings is 1. The summed E-state index contributed by atoms with van der Waals surface area (Å²) in [5.74, 6) is 0.795. The molecule has 30 heavy (non-hydrogen) atoms. The Morgan fingerprint density at radius 2 is 1.87 bits per heavy atom. The van der Waals surface area contributed by atoms with Gasteiger partial charge in [-0.05, 0) is 75.9 Å². The molecule has 7 nitrogen and oxygen atoms in total. The van der Waals surface area contributed by atoms with Gasteiger partial charge in [0.15, 0.2) is 0 Å². The Kier molecular flexibility index (Phi) is 8.13. The van der Waals surface area contributed by atoms with Crippen LogP contribution in [0.2, 0.25) is 0 Å². The van der Waals surface area contributed by atoms with Crippen molar-refractivity contribution in [3.05, 3.63) is 23.8 Å². The van der Waals surface area contributed by atoms with Crippen LogP contribution in [0.4, 0.5) is 0 Å². The van der Waals surface area contributed by atoms with Crippen molar-refractivity contribution in [3.8, 4) is 5.75 Å². The van der Waals surface area contributed by atoms with Crippen LogP contribution >= 0.6 is 0 Å². The van der Waals surface area contributed by atoms with Gasteiger partial charge in [0.25, 0.3) is 5.91 Å². The van der Waals surface area contributed by atoms with E-state index in [1.54, 1.807) is 12.1 Å².